The van der Waals surface area contributed by atoms with Gasteiger partial charge in [-0.15, -0.1) is 0 Å². The number of rotatable bonds is 8. The second-order valence-corrected chi connectivity index (χ2v) is 5.68. The van der Waals surface area contributed by atoms with Gasteiger partial charge in [-0.05, 0) is 24.5 Å². The Hall–Kier alpha value is -1.82. The second kappa shape index (κ2) is 8.58. The highest BCUT2D eigenvalue weighted by Crippen LogP contribution is 2.13. The maximum absolute atomic E-state index is 13.5. The molecule has 6 heteroatoms. The first-order chi connectivity index (χ1) is 10.3. The van der Waals surface area contributed by atoms with Crippen LogP contribution in [0.1, 0.15) is 43.5 Å². The monoisotopic (exact) mass is 312 g/mol. The Morgan fingerprint density at radius 3 is 2.45 bits per heavy atom. The Bertz CT molecular complexity index is 533. The lowest BCUT2D eigenvalue weighted by Gasteiger charge is -2.18. The van der Waals surface area contributed by atoms with Crippen molar-refractivity contribution in [1.82, 2.24) is 5.32 Å². The summed E-state index contributed by atoms with van der Waals surface area (Å²) in [5.41, 5.74) is 5.38. The molecular weight excluding hydrogens is 290 g/mol. The highest BCUT2D eigenvalue weighted by molar-refractivity contribution is 5.98. The van der Waals surface area contributed by atoms with E-state index in [1.54, 1.807) is 0 Å². The van der Waals surface area contributed by atoms with Crippen molar-refractivity contribution in [2.45, 2.75) is 39.2 Å². The third-order valence-electron chi connectivity index (χ3n) is 3.22. The van der Waals surface area contributed by atoms with Gasteiger partial charge in [0.2, 0.25) is 5.91 Å². The number of Topliss-reactive ketones (excluding diaryl/α,β-unsaturated/α-hetero) is 1. The zero-order chi connectivity index (χ0) is 16.7. The SMILES string of the molecule is CC(C)CC(CN)NC(=O)CCC(=O)c1ccc(F)cc1F. The number of hydrogen-bond acceptors (Lipinski definition) is 3. The summed E-state index contributed by atoms with van der Waals surface area (Å²) in [5, 5.41) is 2.76. The van der Waals surface area contributed by atoms with Gasteiger partial charge in [0.25, 0.3) is 0 Å². The molecule has 0 aliphatic carbocycles. The molecule has 1 amide bonds. The molecule has 0 aliphatic heterocycles. The van der Waals surface area contributed by atoms with E-state index < -0.39 is 17.4 Å². The molecule has 0 bridgehead atoms. The first-order valence-corrected chi connectivity index (χ1v) is 7.31. The third-order valence-corrected chi connectivity index (χ3v) is 3.22. The summed E-state index contributed by atoms with van der Waals surface area (Å²) in [6.45, 7) is 4.37. The van der Waals surface area contributed by atoms with Crippen LogP contribution >= 0.6 is 0 Å². The molecule has 1 aromatic carbocycles. The molecule has 4 nitrogen and oxygen atoms in total. The molecule has 0 saturated heterocycles. The predicted molar refractivity (Wildman–Crippen MR) is 80.4 cm³/mol. The average Bonchev–Trinajstić information content (AvgIpc) is 2.43. The van der Waals surface area contributed by atoms with Gasteiger partial charge >= 0.3 is 0 Å². The van der Waals surface area contributed by atoms with E-state index >= 15 is 0 Å². The van der Waals surface area contributed by atoms with Crippen LogP contribution in [0, 0.1) is 17.6 Å². The molecule has 1 unspecified atom stereocenters. The van der Waals surface area contributed by atoms with Crippen molar-refractivity contribution in [2.75, 3.05) is 6.54 Å². The summed E-state index contributed by atoms with van der Waals surface area (Å²) >= 11 is 0. The zero-order valence-electron chi connectivity index (χ0n) is 12.9. The minimum absolute atomic E-state index is 0.0513. The summed E-state index contributed by atoms with van der Waals surface area (Å²) < 4.78 is 26.2. The van der Waals surface area contributed by atoms with Crippen LogP contribution in [0.15, 0.2) is 18.2 Å². The van der Waals surface area contributed by atoms with Crippen molar-refractivity contribution in [3.63, 3.8) is 0 Å². The van der Waals surface area contributed by atoms with Gasteiger partial charge in [0, 0.05) is 31.5 Å². The molecule has 1 aromatic rings. The zero-order valence-corrected chi connectivity index (χ0v) is 12.9. The number of hydrogen-bond donors (Lipinski definition) is 2. The molecule has 1 rings (SSSR count). The predicted octanol–water partition coefficient (Wildman–Crippen LogP) is 2.42. The van der Waals surface area contributed by atoms with Gasteiger partial charge in [-0.1, -0.05) is 13.8 Å². The van der Waals surface area contributed by atoms with E-state index in [1.165, 1.54) is 0 Å². The maximum atomic E-state index is 13.5. The molecular formula is C16H22F2N2O2. The fourth-order valence-electron chi connectivity index (χ4n) is 2.16. The minimum Gasteiger partial charge on any atom is -0.352 e. The van der Waals surface area contributed by atoms with Gasteiger partial charge in [0.1, 0.15) is 11.6 Å². The van der Waals surface area contributed by atoms with Crippen LogP contribution in [0.25, 0.3) is 0 Å². The summed E-state index contributed by atoms with van der Waals surface area (Å²) in [4.78, 5) is 23.6. The Labute approximate surface area is 129 Å². The van der Waals surface area contributed by atoms with Crippen LogP contribution in [-0.4, -0.2) is 24.3 Å². The average molecular weight is 312 g/mol. The van der Waals surface area contributed by atoms with Crippen molar-refractivity contribution in [1.29, 1.82) is 0 Å². The highest BCUT2D eigenvalue weighted by atomic mass is 19.1. The molecule has 122 valence electrons. The number of benzene rings is 1. The molecule has 0 spiro atoms. The number of ketones is 1. The smallest absolute Gasteiger partial charge is 0.220 e. The fraction of sp³-hybridized carbons (Fsp3) is 0.500. The molecule has 3 N–H and O–H groups in total. The van der Waals surface area contributed by atoms with Gasteiger partial charge in [-0.25, -0.2) is 8.78 Å². The molecule has 1 atom stereocenters. The molecule has 0 heterocycles. The second-order valence-electron chi connectivity index (χ2n) is 5.68. The van der Waals surface area contributed by atoms with Crippen LogP contribution < -0.4 is 11.1 Å². The lowest BCUT2D eigenvalue weighted by atomic mass is 10.0. The number of amides is 1. The van der Waals surface area contributed by atoms with Gasteiger partial charge in [-0.2, -0.15) is 0 Å². The Kier molecular flexibility index (Phi) is 7.11. The number of nitrogens with two attached hydrogens (primary N) is 1. The molecule has 0 fully saturated rings. The highest BCUT2D eigenvalue weighted by Gasteiger charge is 2.16. The van der Waals surface area contributed by atoms with Crippen LogP contribution in [0.5, 0.6) is 0 Å². The van der Waals surface area contributed by atoms with E-state index in [-0.39, 0.29) is 30.4 Å². The number of carbonyl (C=O) groups excluding carboxylic acids is 2. The van der Waals surface area contributed by atoms with Gasteiger partial charge in [-0.3, -0.25) is 9.59 Å². The van der Waals surface area contributed by atoms with Crippen molar-refractivity contribution in [3.05, 3.63) is 35.4 Å². The van der Waals surface area contributed by atoms with E-state index in [2.05, 4.69) is 5.32 Å². The Morgan fingerprint density at radius 2 is 1.91 bits per heavy atom. The normalized spacial score (nSPS) is 12.3. The third kappa shape index (κ3) is 5.89. The minimum atomic E-state index is -0.912. The van der Waals surface area contributed by atoms with Crippen molar-refractivity contribution >= 4 is 11.7 Å². The lowest BCUT2D eigenvalue weighted by Crippen LogP contribution is -2.41. The fourth-order valence-corrected chi connectivity index (χ4v) is 2.16. The van der Waals surface area contributed by atoms with Crippen LogP contribution in [-0.2, 0) is 4.79 Å². The summed E-state index contributed by atoms with van der Waals surface area (Å²) in [7, 11) is 0. The Balaban J connectivity index is 2.51. The standard InChI is InChI=1S/C16H22F2N2O2/c1-10(2)7-12(9-19)20-16(22)6-5-15(21)13-4-3-11(17)8-14(13)18/h3-4,8,10,12H,5-7,9,19H2,1-2H3,(H,20,22). The molecule has 0 radical (unpaired) electrons. The lowest BCUT2D eigenvalue weighted by molar-refractivity contribution is -0.121. The largest absolute Gasteiger partial charge is 0.352 e. The van der Waals surface area contributed by atoms with E-state index in [9.17, 15) is 18.4 Å². The molecule has 0 saturated carbocycles. The Morgan fingerprint density at radius 1 is 1.23 bits per heavy atom. The van der Waals surface area contributed by atoms with E-state index in [0.29, 0.717) is 18.5 Å². The summed E-state index contributed by atoms with van der Waals surface area (Å²) in [6, 6.07) is 2.63. The summed E-state index contributed by atoms with van der Waals surface area (Å²) in [5.74, 6) is -2.09. The van der Waals surface area contributed by atoms with E-state index in [1.807, 2.05) is 13.8 Å². The molecule has 22 heavy (non-hydrogen) atoms. The van der Waals surface area contributed by atoms with Crippen LogP contribution in [0.3, 0.4) is 0 Å². The van der Waals surface area contributed by atoms with Crippen LogP contribution in [0.4, 0.5) is 8.78 Å². The van der Waals surface area contributed by atoms with E-state index in [4.69, 9.17) is 5.73 Å². The molecule has 0 aromatic heterocycles. The van der Waals surface area contributed by atoms with Crippen molar-refractivity contribution in [2.24, 2.45) is 11.7 Å². The quantitative estimate of drug-likeness (QED) is 0.724. The van der Waals surface area contributed by atoms with Gasteiger partial charge in [0.15, 0.2) is 5.78 Å². The topological polar surface area (TPSA) is 72.2 Å². The van der Waals surface area contributed by atoms with E-state index in [0.717, 1.165) is 18.6 Å². The maximum Gasteiger partial charge on any atom is 0.220 e. The molecule has 0 aliphatic rings. The van der Waals surface area contributed by atoms with Gasteiger partial charge < -0.3 is 11.1 Å². The van der Waals surface area contributed by atoms with Crippen molar-refractivity contribution in [3.8, 4) is 0 Å². The number of carbonyl (C=O) groups is 2. The van der Waals surface area contributed by atoms with Gasteiger partial charge in [0.05, 0.1) is 5.56 Å². The van der Waals surface area contributed by atoms with Crippen LogP contribution in [0.2, 0.25) is 0 Å². The van der Waals surface area contributed by atoms with Crippen molar-refractivity contribution < 1.29 is 18.4 Å². The summed E-state index contributed by atoms with van der Waals surface area (Å²) in [6.07, 6.45) is 0.570. The number of halogens is 2. The number of nitrogens with one attached hydrogen (secondary N) is 1. The first-order valence-electron chi connectivity index (χ1n) is 7.31. The first kappa shape index (κ1) is 18.2.